The van der Waals surface area contributed by atoms with Gasteiger partial charge in [-0.2, -0.15) is 13.2 Å². The first-order chi connectivity index (χ1) is 7.13. The minimum atomic E-state index is -4.69. The Morgan fingerprint density at radius 2 is 1.81 bits per heavy atom. The van der Waals surface area contributed by atoms with Gasteiger partial charge in [-0.15, -0.1) is 0 Å². The molecule has 0 aromatic heterocycles. The second-order valence-electron chi connectivity index (χ2n) is 3.48. The number of amides is 1. The highest BCUT2D eigenvalue weighted by molar-refractivity contribution is 5.85. The van der Waals surface area contributed by atoms with Crippen LogP contribution in [0.25, 0.3) is 0 Å². The Bertz CT molecular complexity index is 266. The van der Waals surface area contributed by atoms with Crippen LogP contribution < -0.4 is 10.6 Å². The third-order valence-electron chi connectivity index (χ3n) is 1.68. The normalized spacial score (nSPS) is 13.6. The molecule has 16 heavy (non-hydrogen) atoms. The molecule has 8 heteroatoms. The summed E-state index contributed by atoms with van der Waals surface area (Å²) in [6.45, 7) is 2.13. The number of halogens is 3. The van der Waals surface area contributed by atoms with Crippen LogP contribution in [0.3, 0.4) is 0 Å². The zero-order chi connectivity index (χ0) is 12.9. The van der Waals surface area contributed by atoms with E-state index in [1.54, 1.807) is 0 Å². The molecule has 5 nitrogen and oxygen atoms in total. The average molecular weight is 242 g/mol. The molecule has 0 aliphatic rings. The number of carbonyl (C=O) groups excluding carboxylic acids is 1. The number of aliphatic carboxylic acids is 1. The Hall–Kier alpha value is -1.31. The van der Waals surface area contributed by atoms with Crippen molar-refractivity contribution in [2.24, 2.45) is 5.92 Å². The zero-order valence-electron chi connectivity index (χ0n) is 8.76. The molecule has 0 radical (unpaired) electrons. The topological polar surface area (TPSA) is 78.4 Å². The molecule has 0 aliphatic carbocycles. The van der Waals surface area contributed by atoms with E-state index < -0.39 is 36.7 Å². The third-order valence-corrected chi connectivity index (χ3v) is 1.68. The van der Waals surface area contributed by atoms with Gasteiger partial charge in [0.05, 0.1) is 6.04 Å². The van der Waals surface area contributed by atoms with Crippen molar-refractivity contribution >= 4 is 11.9 Å². The smallest absolute Gasteiger partial charge is 0.457 e. The van der Waals surface area contributed by atoms with Crippen LogP contribution in [-0.4, -0.2) is 35.9 Å². The van der Waals surface area contributed by atoms with Gasteiger partial charge in [-0.1, -0.05) is 13.8 Å². The molecular weight excluding hydrogens is 229 g/mol. The molecule has 0 saturated carbocycles. The Morgan fingerprint density at radius 3 is 2.12 bits per heavy atom. The summed E-state index contributed by atoms with van der Waals surface area (Å²) in [5, 5.41) is 11.3. The molecule has 0 aromatic carbocycles. The summed E-state index contributed by atoms with van der Waals surface area (Å²) in [6.07, 6.45) is -4.69. The second kappa shape index (κ2) is 5.69. The Morgan fingerprint density at radius 1 is 1.31 bits per heavy atom. The highest BCUT2D eigenvalue weighted by Gasteiger charge is 2.35. The van der Waals surface area contributed by atoms with Gasteiger partial charge >= 0.3 is 12.3 Å². The lowest BCUT2D eigenvalue weighted by molar-refractivity contribution is -0.171. The predicted octanol–water partition coefficient (Wildman–Crippen LogP) is 0.321. The predicted molar refractivity (Wildman–Crippen MR) is 48.5 cm³/mol. The van der Waals surface area contributed by atoms with Gasteiger partial charge in [0, 0.05) is 0 Å². The van der Waals surface area contributed by atoms with Crippen molar-refractivity contribution < 1.29 is 27.9 Å². The van der Waals surface area contributed by atoms with E-state index in [2.05, 4.69) is 0 Å². The Labute approximate surface area is 90.0 Å². The van der Waals surface area contributed by atoms with Crippen molar-refractivity contribution in [3.05, 3.63) is 0 Å². The van der Waals surface area contributed by atoms with Crippen LogP contribution >= 0.6 is 0 Å². The van der Waals surface area contributed by atoms with E-state index in [1.165, 1.54) is 19.2 Å². The standard InChI is InChI=1S/C8H13F3N2O3/c1-4(2)6(13-8(9,10)11)7(16)12-3-5(14)15/h4,6,13H,3H2,1-2H3,(H,12,16)(H,14,15). The van der Waals surface area contributed by atoms with Crippen LogP contribution in [0.15, 0.2) is 0 Å². The Kier molecular flexibility index (Phi) is 5.22. The summed E-state index contributed by atoms with van der Waals surface area (Å²) in [6, 6.07) is -1.50. The lowest BCUT2D eigenvalue weighted by atomic mass is 10.0. The molecule has 3 N–H and O–H groups in total. The molecule has 0 aliphatic heterocycles. The molecule has 0 aromatic rings. The lowest BCUT2D eigenvalue weighted by Crippen LogP contribution is -2.53. The maximum atomic E-state index is 12.0. The van der Waals surface area contributed by atoms with Crippen molar-refractivity contribution in [2.75, 3.05) is 6.54 Å². The van der Waals surface area contributed by atoms with Crippen LogP contribution in [0, 0.1) is 5.92 Å². The first kappa shape index (κ1) is 14.7. The first-order valence-electron chi connectivity index (χ1n) is 4.47. The van der Waals surface area contributed by atoms with Crippen molar-refractivity contribution in [1.29, 1.82) is 0 Å². The summed E-state index contributed by atoms with van der Waals surface area (Å²) in [7, 11) is 0. The number of carboxylic acid groups (broad SMARTS) is 1. The van der Waals surface area contributed by atoms with Crippen LogP contribution in [-0.2, 0) is 9.59 Å². The van der Waals surface area contributed by atoms with Gasteiger partial charge in [-0.3, -0.25) is 9.59 Å². The van der Waals surface area contributed by atoms with Gasteiger partial charge < -0.3 is 10.4 Å². The number of hydrogen-bond acceptors (Lipinski definition) is 3. The monoisotopic (exact) mass is 242 g/mol. The van der Waals surface area contributed by atoms with Crippen LogP contribution in [0.1, 0.15) is 13.8 Å². The molecule has 0 heterocycles. The van der Waals surface area contributed by atoms with Crippen molar-refractivity contribution in [3.8, 4) is 0 Å². The summed E-state index contributed by atoms with van der Waals surface area (Å²) in [5.74, 6) is -2.92. The molecule has 0 bridgehead atoms. The molecule has 1 atom stereocenters. The SMILES string of the molecule is CC(C)C(NC(F)(F)F)C(=O)NCC(=O)O. The summed E-state index contributed by atoms with van der Waals surface area (Å²) in [5.41, 5.74) is 0. The highest BCUT2D eigenvalue weighted by atomic mass is 19.4. The molecular formula is C8H13F3N2O3. The maximum Gasteiger partial charge on any atom is 0.457 e. The van der Waals surface area contributed by atoms with Gasteiger partial charge in [0.25, 0.3) is 0 Å². The van der Waals surface area contributed by atoms with E-state index in [0.717, 1.165) is 0 Å². The first-order valence-corrected chi connectivity index (χ1v) is 4.47. The van der Waals surface area contributed by atoms with Crippen LogP contribution in [0.4, 0.5) is 13.2 Å². The second-order valence-corrected chi connectivity index (χ2v) is 3.48. The number of alkyl halides is 3. The van der Waals surface area contributed by atoms with Gasteiger partial charge in [-0.25, -0.2) is 5.32 Å². The number of nitrogens with one attached hydrogen (secondary N) is 2. The van der Waals surface area contributed by atoms with E-state index in [4.69, 9.17) is 5.11 Å². The fourth-order valence-corrected chi connectivity index (χ4v) is 0.984. The molecule has 0 saturated heterocycles. The van der Waals surface area contributed by atoms with Gasteiger partial charge in [0.1, 0.15) is 6.54 Å². The van der Waals surface area contributed by atoms with E-state index in [-0.39, 0.29) is 0 Å². The molecule has 1 unspecified atom stereocenters. The molecule has 0 rings (SSSR count). The summed E-state index contributed by atoms with van der Waals surface area (Å²) < 4.78 is 36.1. The van der Waals surface area contributed by atoms with Gasteiger partial charge in [0.15, 0.2) is 0 Å². The maximum absolute atomic E-state index is 12.0. The quantitative estimate of drug-likeness (QED) is 0.607. The fourth-order valence-electron chi connectivity index (χ4n) is 0.984. The molecule has 1 amide bonds. The van der Waals surface area contributed by atoms with Crippen molar-refractivity contribution in [3.63, 3.8) is 0 Å². The Balaban J connectivity index is 4.42. The van der Waals surface area contributed by atoms with Crippen molar-refractivity contribution in [1.82, 2.24) is 10.6 Å². The largest absolute Gasteiger partial charge is 0.480 e. The van der Waals surface area contributed by atoms with E-state index >= 15 is 0 Å². The van der Waals surface area contributed by atoms with Crippen molar-refractivity contribution in [2.45, 2.75) is 26.2 Å². The molecule has 0 fully saturated rings. The summed E-state index contributed by atoms with van der Waals surface area (Å²) >= 11 is 0. The van der Waals surface area contributed by atoms with E-state index in [9.17, 15) is 22.8 Å². The molecule has 94 valence electrons. The van der Waals surface area contributed by atoms with Crippen LogP contribution in [0.5, 0.6) is 0 Å². The number of carboxylic acids is 1. The minimum Gasteiger partial charge on any atom is -0.480 e. The van der Waals surface area contributed by atoms with E-state index in [0.29, 0.717) is 0 Å². The van der Waals surface area contributed by atoms with Gasteiger partial charge in [-0.05, 0) is 5.92 Å². The number of carbonyl (C=O) groups is 2. The lowest BCUT2D eigenvalue weighted by Gasteiger charge is -2.22. The van der Waals surface area contributed by atoms with Gasteiger partial charge in [0.2, 0.25) is 5.91 Å². The summed E-state index contributed by atoms with van der Waals surface area (Å²) in [4.78, 5) is 21.4. The molecule has 0 spiro atoms. The fraction of sp³-hybridized carbons (Fsp3) is 0.750. The highest BCUT2D eigenvalue weighted by Crippen LogP contribution is 2.14. The van der Waals surface area contributed by atoms with E-state index in [1.807, 2.05) is 5.32 Å². The minimum absolute atomic E-state index is 0.615. The number of hydrogen-bond donors (Lipinski definition) is 3. The average Bonchev–Trinajstić information content (AvgIpc) is 2.08. The zero-order valence-corrected chi connectivity index (χ0v) is 8.76. The van der Waals surface area contributed by atoms with Crippen LogP contribution in [0.2, 0.25) is 0 Å². The number of rotatable bonds is 5. The third kappa shape index (κ3) is 6.23.